The van der Waals surface area contributed by atoms with Crippen LogP contribution in [0.25, 0.3) is 11.4 Å². The summed E-state index contributed by atoms with van der Waals surface area (Å²) in [7, 11) is 0. The van der Waals surface area contributed by atoms with Gasteiger partial charge in [0, 0.05) is 23.7 Å². The molecule has 7 heteroatoms. The number of carbonyl (C=O) groups is 1. The van der Waals surface area contributed by atoms with Crippen molar-refractivity contribution in [2.45, 2.75) is 18.8 Å². The maximum atomic E-state index is 12.4. The number of benzene rings is 1. The summed E-state index contributed by atoms with van der Waals surface area (Å²) in [5.41, 5.74) is 0.846. The smallest absolute Gasteiger partial charge is 0.289 e. The van der Waals surface area contributed by atoms with Gasteiger partial charge in [0.2, 0.25) is 11.7 Å². The van der Waals surface area contributed by atoms with Crippen molar-refractivity contribution >= 4 is 17.5 Å². The van der Waals surface area contributed by atoms with Crippen molar-refractivity contribution in [3.8, 4) is 11.4 Å². The molecule has 1 fully saturated rings. The topological polar surface area (TPSA) is 72.4 Å². The Kier molecular flexibility index (Phi) is 4.28. The van der Waals surface area contributed by atoms with Crippen LogP contribution >= 0.6 is 11.6 Å². The van der Waals surface area contributed by atoms with E-state index in [4.69, 9.17) is 20.5 Å². The Hall–Kier alpha value is -2.60. The van der Waals surface area contributed by atoms with Crippen molar-refractivity contribution in [3.05, 3.63) is 59.3 Å². The first-order chi connectivity index (χ1) is 12.2. The van der Waals surface area contributed by atoms with E-state index in [9.17, 15) is 4.79 Å². The second-order valence-electron chi connectivity index (χ2n) is 6.03. The molecule has 1 aromatic carbocycles. The number of furan rings is 1. The lowest BCUT2D eigenvalue weighted by molar-refractivity contribution is 0.0663. The van der Waals surface area contributed by atoms with Crippen LogP contribution in [0.5, 0.6) is 0 Å². The second kappa shape index (κ2) is 6.72. The number of rotatable bonds is 3. The van der Waals surface area contributed by atoms with Crippen LogP contribution < -0.4 is 0 Å². The molecule has 0 spiro atoms. The Morgan fingerprint density at radius 2 is 2.08 bits per heavy atom. The van der Waals surface area contributed by atoms with E-state index in [2.05, 4.69) is 10.1 Å². The van der Waals surface area contributed by atoms with Crippen molar-refractivity contribution in [1.29, 1.82) is 0 Å². The highest BCUT2D eigenvalue weighted by Crippen LogP contribution is 2.28. The van der Waals surface area contributed by atoms with E-state index in [0.29, 0.717) is 35.6 Å². The molecule has 0 radical (unpaired) electrons. The third-order valence-electron chi connectivity index (χ3n) is 4.33. The van der Waals surface area contributed by atoms with Gasteiger partial charge >= 0.3 is 0 Å². The van der Waals surface area contributed by atoms with Gasteiger partial charge in [0.15, 0.2) is 5.76 Å². The van der Waals surface area contributed by atoms with E-state index in [1.54, 1.807) is 29.2 Å². The lowest BCUT2D eigenvalue weighted by Crippen LogP contribution is -2.39. The molecule has 1 unspecified atom stereocenters. The molecular formula is C18H16ClN3O3. The van der Waals surface area contributed by atoms with Crippen LogP contribution in [0.4, 0.5) is 0 Å². The minimum absolute atomic E-state index is 0.0289. The zero-order valence-corrected chi connectivity index (χ0v) is 14.1. The van der Waals surface area contributed by atoms with Crippen molar-refractivity contribution in [2.24, 2.45) is 0 Å². The second-order valence-corrected chi connectivity index (χ2v) is 6.47. The Labute approximate surface area is 149 Å². The summed E-state index contributed by atoms with van der Waals surface area (Å²) in [6.07, 6.45) is 3.30. The SMILES string of the molecule is O=C(c1ccco1)N1CCCC(c2nc(-c3ccc(Cl)cc3)no2)C1. The fraction of sp³-hybridized carbons (Fsp3) is 0.278. The number of aromatic nitrogens is 2. The van der Waals surface area contributed by atoms with Crippen molar-refractivity contribution in [1.82, 2.24) is 15.0 Å². The van der Waals surface area contributed by atoms with Crippen LogP contribution in [-0.4, -0.2) is 34.0 Å². The number of amides is 1. The molecule has 6 nitrogen and oxygen atoms in total. The Balaban J connectivity index is 1.50. The highest BCUT2D eigenvalue weighted by molar-refractivity contribution is 6.30. The van der Waals surface area contributed by atoms with Gasteiger partial charge in [-0.1, -0.05) is 16.8 Å². The molecule has 2 aromatic heterocycles. The lowest BCUT2D eigenvalue weighted by Gasteiger charge is -2.30. The van der Waals surface area contributed by atoms with Crippen molar-refractivity contribution < 1.29 is 13.7 Å². The van der Waals surface area contributed by atoms with Gasteiger partial charge in [0.25, 0.3) is 5.91 Å². The maximum Gasteiger partial charge on any atom is 0.289 e. The first-order valence-electron chi connectivity index (χ1n) is 8.13. The summed E-state index contributed by atoms with van der Waals surface area (Å²) in [6, 6.07) is 10.7. The van der Waals surface area contributed by atoms with Gasteiger partial charge in [0.1, 0.15) is 0 Å². The molecule has 0 saturated carbocycles. The van der Waals surface area contributed by atoms with Crippen molar-refractivity contribution in [2.75, 3.05) is 13.1 Å². The minimum Gasteiger partial charge on any atom is -0.459 e. The average Bonchev–Trinajstić information content (AvgIpc) is 3.34. The highest BCUT2D eigenvalue weighted by atomic mass is 35.5. The minimum atomic E-state index is -0.104. The van der Waals surface area contributed by atoms with E-state index in [1.807, 2.05) is 12.1 Å². The number of carbonyl (C=O) groups excluding carboxylic acids is 1. The first-order valence-corrected chi connectivity index (χ1v) is 8.51. The Bertz CT molecular complexity index is 858. The van der Waals surface area contributed by atoms with Gasteiger partial charge in [-0.15, -0.1) is 0 Å². The molecule has 128 valence electrons. The third kappa shape index (κ3) is 3.30. The molecule has 4 rings (SSSR count). The van der Waals surface area contributed by atoms with Crippen molar-refractivity contribution in [3.63, 3.8) is 0 Å². The van der Waals surface area contributed by atoms with Crippen LogP contribution in [0.15, 0.2) is 51.6 Å². The average molecular weight is 358 g/mol. The standard InChI is InChI=1S/C18H16ClN3O3/c19-14-7-5-12(6-8-14)16-20-17(25-21-16)13-3-1-9-22(11-13)18(23)15-4-2-10-24-15/h2,4-8,10,13H,1,3,9,11H2. The van der Waals surface area contributed by atoms with Gasteiger partial charge in [-0.25, -0.2) is 0 Å². The number of halogens is 1. The summed E-state index contributed by atoms with van der Waals surface area (Å²) in [5.74, 6) is 1.37. The molecule has 0 bridgehead atoms. The monoisotopic (exact) mass is 357 g/mol. The highest BCUT2D eigenvalue weighted by Gasteiger charge is 2.30. The molecule has 1 aliphatic rings. The number of hydrogen-bond donors (Lipinski definition) is 0. The van der Waals surface area contributed by atoms with E-state index in [-0.39, 0.29) is 11.8 Å². The van der Waals surface area contributed by atoms with Gasteiger partial charge in [-0.05, 0) is 49.2 Å². The summed E-state index contributed by atoms with van der Waals surface area (Å²) < 4.78 is 10.7. The van der Waals surface area contributed by atoms with Gasteiger partial charge < -0.3 is 13.8 Å². The summed E-state index contributed by atoms with van der Waals surface area (Å²) in [5, 5.41) is 4.72. The predicted molar refractivity (Wildman–Crippen MR) is 91.3 cm³/mol. The van der Waals surface area contributed by atoms with E-state index in [1.165, 1.54) is 6.26 Å². The number of nitrogens with zero attached hydrogens (tertiary/aromatic N) is 3. The maximum absolute atomic E-state index is 12.4. The third-order valence-corrected chi connectivity index (χ3v) is 4.59. The largest absolute Gasteiger partial charge is 0.459 e. The first kappa shape index (κ1) is 15.9. The lowest BCUT2D eigenvalue weighted by atomic mass is 9.97. The summed E-state index contributed by atoms with van der Waals surface area (Å²) >= 11 is 5.90. The molecule has 0 aliphatic carbocycles. The van der Waals surface area contributed by atoms with Gasteiger partial charge in [-0.3, -0.25) is 4.79 Å². The number of hydrogen-bond acceptors (Lipinski definition) is 5. The van der Waals surface area contributed by atoms with Crippen LogP contribution in [0.3, 0.4) is 0 Å². The van der Waals surface area contributed by atoms with Crippen LogP contribution in [0.1, 0.15) is 35.2 Å². The molecule has 1 amide bonds. The molecule has 3 heterocycles. The molecular weight excluding hydrogens is 342 g/mol. The van der Waals surface area contributed by atoms with E-state index < -0.39 is 0 Å². The molecule has 0 N–H and O–H groups in total. The quantitative estimate of drug-likeness (QED) is 0.708. The summed E-state index contributed by atoms with van der Waals surface area (Å²) in [6.45, 7) is 1.25. The van der Waals surface area contributed by atoms with E-state index in [0.717, 1.165) is 18.4 Å². The van der Waals surface area contributed by atoms with Crippen LogP contribution in [-0.2, 0) is 0 Å². The molecule has 25 heavy (non-hydrogen) atoms. The number of piperidine rings is 1. The summed E-state index contributed by atoms with van der Waals surface area (Å²) in [4.78, 5) is 18.7. The molecule has 1 aliphatic heterocycles. The number of likely N-dealkylation sites (tertiary alicyclic amines) is 1. The normalized spacial score (nSPS) is 17.6. The molecule has 1 saturated heterocycles. The van der Waals surface area contributed by atoms with Gasteiger partial charge in [-0.2, -0.15) is 4.98 Å². The van der Waals surface area contributed by atoms with E-state index >= 15 is 0 Å². The van der Waals surface area contributed by atoms with Crippen LogP contribution in [0.2, 0.25) is 5.02 Å². The fourth-order valence-corrected chi connectivity index (χ4v) is 3.16. The van der Waals surface area contributed by atoms with Crippen LogP contribution in [0, 0.1) is 0 Å². The predicted octanol–water partition coefficient (Wildman–Crippen LogP) is 4.00. The molecule has 3 aromatic rings. The Morgan fingerprint density at radius 1 is 1.24 bits per heavy atom. The van der Waals surface area contributed by atoms with Gasteiger partial charge in [0.05, 0.1) is 12.2 Å². The fourth-order valence-electron chi connectivity index (χ4n) is 3.04. The zero-order valence-electron chi connectivity index (χ0n) is 13.4. The molecule has 1 atom stereocenters. The zero-order chi connectivity index (χ0) is 17.2. The Morgan fingerprint density at radius 3 is 2.84 bits per heavy atom.